The highest BCUT2D eigenvalue weighted by Gasteiger charge is 2.12. The van der Waals surface area contributed by atoms with Gasteiger partial charge in [-0.05, 0) is 41.5 Å². The zero-order valence-electron chi connectivity index (χ0n) is 9.23. The van der Waals surface area contributed by atoms with Crippen LogP contribution in [0, 0.1) is 0 Å². The van der Waals surface area contributed by atoms with Gasteiger partial charge in [0.05, 0.1) is 24.4 Å². The van der Waals surface area contributed by atoms with E-state index in [1.807, 2.05) is 41.5 Å². The summed E-state index contributed by atoms with van der Waals surface area (Å²) in [6, 6.07) is 0. The molecule has 2 nitrogen and oxygen atoms in total. The largest absolute Gasteiger partial charge is 0.373 e. The highest BCUT2D eigenvalue weighted by atomic mass is 16.5. The van der Waals surface area contributed by atoms with Crippen molar-refractivity contribution in [3.63, 3.8) is 0 Å². The predicted octanol–water partition coefficient (Wildman–Crippen LogP) is 2.62. The maximum absolute atomic E-state index is 5.50. The molecule has 0 aliphatic rings. The van der Waals surface area contributed by atoms with E-state index in [0.29, 0.717) is 13.2 Å². The molecule has 12 heavy (non-hydrogen) atoms. The van der Waals surface area contributed by atoms with Gasteiger partial charge in [0.1, 0.15) is 0 Å². The molecule has 0 bridgehead atoms. The molecular formula is C10H22O2. The first kappa shape index (κ1) is 11.9. The van der Waals surface area contributed by atoms with Gasteiger partial charge in [-0.25, -0.2) is 0 Å². The maximum atomic E-state index is 5.50. The zero-order valence-corrected chi connectivity index (χ0v) is 9.23. The Morgan fingerprint density at radius 2 is 0.917 bits per heavy atom. The summed E-state index contributed by atoms with van der Waals surface area (Å²) in [7, 11) is 0. The molecule has 0 heterocycles. The molecule has 0 radical (unpaired) electrons. The predicted molar refractivity (Wildman–Crippen MR) is 51.4 cm³/mol. The van der Waals surface area contributed by atoms with Gasteiger partial charge in [-0.3, -0.25) is 0 Å². The molecule has 0 unspecified atom stereocenters. The monoisotopic (exact) mass is 174 g/mol. The molecule has 74 valence electrons. The number of rotatable bonds is 3. The van der Waals surface area contributed by atoms with Crippen molar-refractivity contribution >= 4 is 0 Å². The second-order valence-corrected chi connectivity index (χ2v) is 4.92. The van der Waals surface area contributed by atoms with Crippen LogP contribution in [0.3, 0.4) is 0 Å². The van der Waals surface area contributed by atoms with Crippen LogP contribution in [0.1, 0.15) is 41.5 Å². The molecule has 0 N–H and O–H groups in total. The van der Waals surface area contributed by atoms with E-state index in [1.165, 1.54) is 0 Å². The lowest BCUT2D eigenvalue weighted by Crippen LogP contribution is -2.26. The van der Waals surface area contributed by atoms with Crippen molar-refractivity contribution < 1.29 is 9.47 Å². The zero-order chi connectivity index (χ0) is 9.83. The second kappa shape index (κ2) is 4.24. The Labute approximate surface area is 76.3 Å². The van der Waals surface area contributed by atoms with Crippen molar-refractivity contribution in [2.24, 2.45) is 0 Å². The molecule has 0 aliphatic carbocycles. The summed E-state index contributed by atoms with van der Waals surface area (Å²) in [5, 5.41) is 0. The normalized spacial score (nSPS) is 13.5. The summed E-state index contributed by atoms with van der Waals surface area (Å²) in [6.45, 7) is 13.6. The number of hydrogen-bond acceptors (Lipinski definition) is 2. The highest BCUT2D eigenvalue weighted by molar-refractivity contribution is 4.60. The Kier molecular flexibility index (Phi) is 4.21. The average molecular weight is 174 g/mol. The van der Waals surface area contributed by atoms with Gasteiger partial charge >= 0.3 is 0 Å². The summed E-state index contributed by atoms with van der Waals surface area (Å²) < 4.78 is 11.0. The first-order valence-electron chi connectivity index (χ1n) is 4.49. The van der Waals surface area contributed by atoms with Gasteiger partial charge in [0, 0.05) is 0 Å². The maximum Gasteiger partial charge on any atom is 0.0707 e. The van der Waals surface area contributed by atoms with Crippen LogP contribution in [0.5, 0.6) is 0 Å². The summed E-state index contributed by atoms with van der Waals surface area (Å²) in [6.07, 6.45) is 0. The minimum atomic E-state index is -0.0543. The number of ether oxygens (including phenoxy) is 2. The smallest absolute Gasteiger partial charge is 0.0707 e. The minimum Gasteiger partial charge on any atom is -0.373 e. The summed E-state index contributed by atoms with van der Waals surface area (Å²) >= 11 is 0. The third kappa shape index (κ3) is 9.92. The lowest BCUT2D eigenvalue weighted by molar-refractivity contribution is -0.0719. The van der Waals surface area contributed by atoms with Crippen molar-refractivity contribution in [3.05, 3.63) is 0 Å². The summed E-state index contributed by atoms with van der Waals surface area (Å²) in [5.41, 5.74) is -0.109. The van der Waals surface area contributed by atoms with E-state index >= 15 is 0 Å². The molecule has 0 rings (SSSR count). The highest BCUT2D eigenvalue weighted by Crippen LogP contribution is 2.09. The topological polar surface area (TPSA) is 18.5 Å². The van der Waals surface area contributed by atoms with Crippen molar-refractivity contribution in [1.82, 2.24) is 0 Å². The lowest BCUT2D eigenvalue weighted by atomic mass is 10.2. The molecule has 0 fully saturated rings. The third-order valence-corrected chi connectivity index (χ3v) is 1.15. The van der Waals surface area contributed by atoms with E-state index in [4.69, 9.17) is 9.47 Å². The first-order chi connectivity index (χ1) is 5.21. The van der Waals surface area contributed by atoms with E-state index in [-0.39, 0.29) is 11.2 Å². The van der Waals surface area contributed by atoms with E-state index in [1.54, 1.807) is 0 Å². The second-order valence-electron chi connectivity index (χ2n) is 4.92. The Morgan fingerprint density at radius 3 is 1.08 bits per heavy atom. The molecular weight excluding hydrogens is 152 g/mol. The molecule has 0 atom stereocenters. The fourth-order valence-corrected chi connectivity index (χ4v) is 0.696. The quantitative estimate of drug-likeness (QED) is 0.612. The van der Waals surface area contributed by atoms with Crippen LogP contribution in [0.2, 0.25) is 0 Å². The van der Waals surface area contributed by atoms with Gasteiger partial charge in [0.25, 0.3) is 0 Å². The fourth-order valence-electron chi connectivity index (χ4n) is 0.696. The number of hydrogen-bond donors (Lipinski definition) is 0. The summed E-state index contributed by atoms with van der Waals surface area (Å²) in [4.78, 5) is 0. The van der Waals surface area contributed by atoms with Gasteiger partial charge in [-0.2, -0.15) is 0 Å². The standard InChI is InChI=1S/C10H22O2/c1-9(2,3)11-7-8-12-10(4,5)6/h7-8H2,1-6H3. The van der Waals surface area contributed by atoms with Crippen molar-refractivity contribution in [2.45, 2.75) is 52.7 Å². The van der Waals surface area contributed by atoms with Crippen LogP contribution in [-0.4, -0.2) is 24.4 Å². The Hall–Kier alpha value is -0.0800. The van der Waals surface area contributed by atoms with Crippen LogP contribution >= 0.6 is 0 Å². The van der Waals surface area contributed by atoms with Crippen molar-refractivity contribution in [2.75, 3.05) is 13.2 Å². The van der Waals surface area contributed by atoms with Gasteiger partial charge < -0.3 is 9.47 Å². The third-order valence-electron chi connectivity index (χ3n) is 1.15. The molecule has 0 saturated heterocycles. The molecule has 0 saturated carbocycles. The van der Waals surface area contributed by atoms with Crippen molar-refractivity contribution in [1.29, 1.82) is 0 Å². The molecule has 0 aromatic heterocycles. The molecule has 0 aliphatic heterocycles. The van der Waals surface area contributed by atoms with Crippen molar-refractivity contribution in [3.8, 4) is 0 Å². The molecule has 0 spiro atoms. The van der Waals surface area contributed by atoms with Gasteiger partial charge in [-0.15, -0.1) is 0 Å². The minimum absolute atomic E-state index is 0.0543. The van der Waals surface area contributed by atoms with Crippen LogP contribution in [0.4, 0.5) is 0 Å². The Balaban J connectivity index is 3.35. The van der Waals surface area contributed by atoms with Gasteiger partial charge in [-0.1, -0.05) is 0 Å². The Bertz CT molecular complexity index is 101. The molecule has 2 heteroatoms. The van der Waals surface area contributed by atoms with E-state index in [0.717, 1.165) is 0 Å². The van der Waals surface area contributed by atoms with E-state index < -0.39 is 0 Å². The molecule has 0 aromatic rings. The summed E-state index contributed by atoms with van der Waals surface area (Å²) in [5.74, 6) is 0. The van der Waals surface area contributed by atoms with Crippen LogP contribution in [-0.2, 0) is 9.47 Å². The van der Waals surface area contributed by atoms with E-state index in [2.05, 4.69) is 0 Å². The van der Waals surface area contributed by atoms with Gasteiger partial charge in [0.2, 0.25) is 0 Å². The lowest BCUT2D eigenvalue weighted by Gasteiger charge is -2.23. The Morgan fingerprint density at radius 1 is 0.667 bits per heavy atom. The fraction of sp³-hybridized carbons (Fsp3) is 1.00. The average Bonchev–Trinajstić information content (AvgIpc) is 1.76. The van der Waals surface area contributed by atoms with Gasteiger partial charge in [0.15, 0.2) is 0 Å². The first-order valence-corrected chi connectivity index (χ1v) is 4.49. The van der Waals surface area contributed by atoms with Crippen LogP contribution in [0.15, 0.2) is 0 Å². The van der Waals surface area contributed by atoms with E-state index in [9.17, 15) is 0 Å². The molecule has 0 aromatic carbocycles. The molecule has 0 amide bonds. The SMILES string of the molecule is CC(C)(C)OCCOC(C)(C)C. The van der Waals surface area contributed by atoms with Crippen LogP contribution in [0.25, 0.3) is 0 Å². The van der Waals surface area contributed by atoms with Crippen LogP contribution < -0.4 is 0 Å².